The lowest BCUT2D eigenvalue weighted by Gasteiger charge is -2.22. The van der Waals surface area contributed by atoms with Crippen molar-refractivity contribution in [3.63, 3.8) is 0 Å². The highest BCUT2D eigenvalue weighted by molar-refractivity contribution is 6.55. The summed E-state index contributed by atoms with van der Waals surface area (Å²) in [6.45, 7) is 5.46. The third-order valence-corrected chi connectivity index (χ3v) is 3.99. The molecule has 0 aliphatic heterocycles. The van der Waals surface area contributed by atoms with E-state index in [9.17, 15) is 14.8 Å². The Bertz CT molecular complexity index is 876. The Morgan fingerprint density at radius 3 is 2.25 bits per heavy atom. The van der Waals surface area contributed by atoms with Crippen LogP contribution in [0, 0.1) is 5.41 Å². The van der Waals surface area contributed by atoms with Gasteiger partial charge in [0.2, 0.25) is 11.7 Å². The number of hydrogen-bond donors (Lipinski definition) is 2. The van der Waals surface area contributed by atoms with Crippen LogP contribution in [0.2, 0.25) is 0 Å². The van der Waals surface area contributed by atoms with E-state index in [1.807, 2.05) is 39.0 Å². The van der Waals surface area contributed by atoms with E-state index >= 15 is 0 Å². The molecule has 1 aliphatic carbocycles. The highest BCUT2D eigenvalue weighted by Crippen LogP contribution is 2.35. The number of ketones is 1. The maximum absolute atomic E-state index is 12.5. The summed E-state index contributed by atoms with van der Waals surface area (Å²) in [4.78, 5) is 24.7. The number of nitrogens with one attached hydrogen (secondary N) is 1. The molecule has 2 N–H and O–H groups in total. The predicted octanol–water partition coefficient (Wildman–Crippen LogP) is 3.71. The summed E-state index contributed by atoms with van der Waals surface area (Å²) >= 11 is 0. The fourth-order valence-corrected chi connectivity index (χ4v) is 2.64. The van der Waals surface area contributed by atoms with E-state index in [0.29, 0.717) is 16.8 Å². The fourth-order valence-electron chi connectivity index (χ4n) is 2.64. The zero-order valence-electron chi connectivity index (χ0n) is 13.8. The minimum atomic E-state index is -0.535. The smallest absolute Gasteiger partial charge is 0.229 e. The van der Waals surface area contributed by atoms with Crippen molar-refractivity contribution in [1.82, 2.24) is 0 Å². The molecule has 0 spiro atoms. The number of anilines is 1. The Kier molecular flexibility index (Phi) is 3.72. The second kappa shape index (κ2) is 5.60. The van der Waals surface area contributed by atoms with Crippen LogP contribution in [0.15, 0.2) is 47.6 Å². The molecule has 1 aliphatic rings. The van der Waals surface area contributed by atoms with Gasteiger partial charge in [-0.05, 0) is 23.3 Å². The standard InChI is InChI=1S/C19H18N2O3/c1-19(2,3)18(23)20-11-8-9-13-12-6-4-5-7-14(12)17(22)16(21-24)15(13)10-11/h4-10,24H,1-3H3,(H,20,23). The summed E-state index contributed by atoms with van der Waals surface area (Å²) in [5, 5.41) is 15.3. The number of nitrogens with zero attached hydrogens (tertiary/aromatic N) is 1. The molecule has 0 fully saturated rings. The molecule has 5 nitrogen and oxygen atoms in total. The van der Waals surface area contributed by atoms with Crippen molar-refractivity contribution in [2.75, 3.05) is 5.32 Å². The van der Waals surface area contributed by atoms with Gasteiger partial charge in [0.05, 0.1) is 0 Å². The third kappa shape index (κ3) is 2.58. The number of benzene rings is 2. The number of carbonyl (C=O) groups excluding carboxylic acids is 2. The first-order valence-corrected chi connectivity index (χ1v) is 7.65. The summed E-state index contributed by atoms with van der Waals surface area (Å²) in [5.41, 5.74) is 2.60. The molecule has 0 bridgehead atoms. The van der Waals surface area contributed by atoms with Crippen LogP contribution in [0.25, 0.3) is 11.1 Å². The first-order chi connectivity index (χ1) is 11.3. The minimum Gasteiger partial charge on any atom is -0.410 e. The van der Waals surface area contributed by atoms with Crippen molar-refractivity contribution in [2.45, 2.75) is 20.8 Å². The molecule has 0 saturated heterocycles. The number of fused-ring (bicyclic) bond motifs is 3. The quantitative estimate of drug-likeness (QED) is 0.620. The Morgan fingerprint density at radius 2 is 1.62 bits per heavy atom. The second-order valence-corrected chi connectivity index (χ2v) is 6.79. The molecular formula is C19H18N2O3. The van der Waals surface area contributed by atoms with Crippen molar-refractivity contribution < 1.29 is 14.8 Å². The highest BCUT2D eigenvalue weighted by Gasteiger charge is 2.29. The molecule has 24 heavy (non-hydrogen) atoms. The van der Waals surface area contributed by atoms with Crippen LogP contribution in [-0.4, -0.2) is 22.6 Å². The molecule has 0 saturated carbocycles. The van der Waals surface area contributed by atoms with Crippen LogP contribution >= 0.6 is 0 Å². The summed E-state index contributed by atoms with van der Waals surface area (Å²) in [7, 11) is 0. The number of carbonyl (C=O) groups is 2. The molecule has 5 heteroatoms. The number of oxime groups is 1. The largest absolute Gasteiger partial charge is 0.410 e. The van der Waals surface area contributed by atoms with E-state index in [1.165, 1.54) is 0 Å². The fraction of sp³-hybridized carbons (Fsp3) is 0.211. The van der Waals surface area contributed by atoms with Gasteiger partial charge in [-0.3, -0.25) is 9.59 Å². The monoisotopic (exact) mass is 322 g/mol. The van der Waals surface area contributed by atoms with E-state index in [-0.39, 0.29) is 17.4 Å². The van der Waals surface area contributed by atoms with Gasteiger partial charge < -0.3 is 10.5 Å². The number of hydrogen-bond acceptors (Lipinski definition) is 4. The second-order valence-electron chi connectivity index (χ2n) is 6.79. The molecule has 0 unspecified atom stereocenters. The number of Topliss-reactive ketones (excluding diaryl/α,β-unsaturated/α-hetero) is 1. The van der Waals surface area contributed by atoms with E-state index in [1.54, 1.807) is 24.3 Å². The Balaban J connectivity index is 2.11. The van der Waals surface area contributed by atoms with E-state index in [2.05, 4.69) is 10.5 Å². The molecule has 0 radical (unpaired) electrons. The average molecular weight is 322 g/mol. The van der Waals surface area contributed by atoms with Gasteiger partial charge in [-0.25, -0.2) is 0 Å². The SMILES string of the molecule is CC(C)(C)C(=O)Nc1ccc2c(c1)C(=NO)C(=O)c1ccccc1-2. The van der Waals surface area contributed by atoms with Crippen molar-refractivity contribution in [3.8, 4) is 11.1 Å². The molecule has 1 amide bonds. The molecule has 3 rings (SSSR count). The normalized spacial score (nSPS) is 15.0. The topological polar surface area (TPSA) is 78.8 Å². The molecule has 0 atom stereocenters. The van der Waals surface area contributed by atoms with Crippen LogP contribution in [0.1, 0.15) is 36.7 Å². The van der Waals surface area contributed by atoms with Crippen LogP contribution in [0.5, 0.6) is 0 Å². The molecule has 2 aromatic carbocycles. The maximum atomic E-state index is 12.5. The number of amides is 1. The molecule has 0 heterocycles. The van der Waals surface area contributed by atoms with Gasteiger partial charge in [0.15, 0.2) is 5.71 Å². The zero-order valence-corrected chi connectivity index (χ0v) is 13.8. The Labute approximate surface area is 140 Å². The summed E-state index contributed by atoms with van der Waals surface area (Å²) in [6, 6.07) is 12.5. The van der Waals surface area contributed by atoms with Gasteiger partial charge in [-0.15, -0.1) is 0 Å². The lowest BCUT2D eigenvalue weighted by atomic mass is 9.83. The van der Waals surface area contributed by atoms with Crippen LogP contribution in [0.3, 0.4) is 0 Å². The summed E-state index contributed by atoms with van der Waals surface area (Å²) in [5.74, 6) is -0.465. The Hall–Kier alpha value is -2.95. The highest BCUT2D eigenvalue weighted by atomic mass is 16.4. The first-order valence-electron chi connectivity index (χ1n) is 7.65. The van der Waals surface area contributed by atoms with Gasteiger partial charge in [0.1, 0.15) is 0 Å². The van der Waals surface area contributed by atoms with Crippen LogP contribution < -0.4 is 5.32 Å². The average Bonchev–Trinajstić information content (AvgIpc) is 2.54. The lowest BCUT2D eigenvalue weighted by Crippen LogP contribution is -2.28. The van der Waals surface area contributed by atoms with Gasteiger partial charge in [-0.1, -0.05) is 56.3 Å². The van der Waals surface area contributed by atoms with Gasteiger partial charge >= 0.3 is 0 Å². The van der Waals surface area contributed by atoms with E-state index in [0.717, 1.165) is 11.1 Å². The third-order valence-electron chi connectivity index (χ3n) is 3.99. The summed E-state index contributed by atoms with van der Waals surface area (Å²) in [6.07, 6.45) is 0. The van der Waals surface area contributed by atoms with Gasteiger partial charge in [-0.2, -0.15) is 0 Å². The lowest BCUT2D eigenvalue weighted by molar-refractivity contribution is -0.123. The predicted molar refractivity (Wildman–Crippen MR) is 92.6 cm³/mol. The first kappa shape index (κ1) is 15.9. The van der Waals surface area contributed by atoms with E-state index < -0.39 is 5.41 Å². The molecule has 122 valence electrons. The van der Waals surface area contributed by atoms with Crippen LogP contribution in [-0.2, 0) is 4.79 Å². The zero-order chi connectivity index (χ0) is 17.5. The molecular weight excluding hydrogens is 304 g/mol. The molecule has 0 aromatic heterocycles. The van der Waals surface area contributed by atoms with Crippen LogP contribution in [0.4, 0.5) is 5.69 Å². The van der Waals surface area contributed by atoms with E-state index in [4.69, 9.17) is 0 Å². The van der Waals surface area contributed by atoms with Crippen molar-refractivity contribution in [3.05, 3.63) is 53.6 Å². The Morgan fingerprint density at radius 1 is 1.00 bits per heavy atom. The van der Waals surface area contributed by atoms with Crippen molar-refractivity contribution >= 4 is 23.1 Å². The van der Waals surface area contributed by atoms with Crippen molar-refractivity contribution in [2.24, 2.45) is 10.6 Å². The maximum Gasteiger partial charge on any atom is 0.229 e. The summed E-state index contributed by atoms with van der Waals surface area (Å²) < 4.78 is 0. The minimum absolute atomic E-state index is 0.0180. The van der Waals surface area contributed by atoms with Gasteiger partial charge in [0, 0.05) is 22.2 Å². The van der Waals surface area contributed by atoms with Crippen molar-refractivity contribution in [1.29, 1.82) is 0 Å². The molecule has 2 aromatic rings. The van der Waals surface area contributed by atoms with Gasteiger partial charge in [0.25, 0.3) is 0 Å². The number of rotatable bonds is 1.